The van der Waals surface area contributed by atoms with Gasteiger partial charge < -0.3 is 10.1 Å². The highest BCUT2D eigenvalue weighted by Crippen LogP contribution is 2.33. The topological polar surface area (TPSA) is 41.6 Å². The first-order valence-electron chi connectivity index (χ1n) is 9.57. The largest absolute Gasteiger partial charge is 0.379 e. The summed E-state index contributed by atoms with van der Waals surface area (Å²) in [6, 6.07) is 8.77. The van der Waals surface area contributed by atoms with Crippen LogP contribution in [0, 0.1) is 0 Å². The lowest BCUT2D eigenvalue weighted by Crippen LogP contribution is -2.43. The third kappa shape index (κ3) is 6.76. The number of carbonyl (C=O) groups excluding carboxylic acids is 1. The van der Waals surface area contributed by atoms with E-state index < -0.39 is 0 Å². The number of carbonyl (C=O) groups is 1. The van der Waals surface area contributed by atoms with Crippen molar-refractivity contribution < 1.29 is 9.53 Å². The summed E-state index contributed by atoms with van der Waals surface area (Å²) >= 11 is 2.02. The molecule has 1 heterocycles. The van der Waals surface area contributed by atoms with Gasteiger partial charge in [-0.25, -0.2) is 0 Å². The van der Waals surface area contributed by atoms with Gasteiger partial charge in [-0.15, -0.1) is 24.2 Å². The second-order valence-electron chi connectivity index (χ2n) is 7.12. The maximum atomic E-state index is 12.2. The Kier molecular flexibility index (Phi) is 9.26. The van der Waals surface area contributed by atoms with Crippen LogP contribution < -0.4 is 5.32 Å². The lowest BCUT2D eigenvalue weighted by molar-refractivity contribution is -0.123. The fourth-order valence-corrected chi connectivity index (χ4v) is 4.79. The highest BCUT2D eigenvalue weighted by Gasteiger charge is 2.17. The van der Waals surface area contributed by atoms with E-state index in [2.05, 4.69) is 41.4 Å². The third-order valence-corrected chi connectivity index (χ3v) is 6.43. The van der Waals surface area contributed by atoms with Gasteiger partial charge in [0.2, 0.25) is 5.91 Å². The van der Waals surface area contributed by atoms with Crippen LogP contribution in [0.5, 0.6) is 0 Å². The van der Waals surface area contributed by atoms with Gasteiger partial charge in [0, 0.05) is 23.2 Å². The predicted molar refractivity (Wildman–Crippen MR) is 110 cm³/mol. The number of benzene rings is 1. The molecule has 1 unspecified atom stereocenters. The van der Waals surface area contributed by atoms with Crippen molar-refractivity contribution in [3.05, 3.63) is 29.8 Å². The zero-order valence-electron chi connectivity index (χ0n) is 15.6. The Bertz CT molecular complexity index is 543. The van der Waals surface area contributed by atoms with Crippen molar-refractivity contribution in [3.63, 3.8) is 0 Å². The molecule has 1 aliphatic carbocycles. The number of nitrogens with one attached hydrogen (secondary N) is 1. The van der Waals surface area contributed by atoms with E-state index in [0.29, 0.717) is 6.54 Å². The first-order chi connectivity index (χ1) is 12.2. The van der Waals surface area contributed by atoms with Crippen LogP contribution >= 0.6 is 24.2 Å². The molecule has 1 aromatic rings. The van der Waals surface area contributed by atoms with Gasteiger partial charge in [-0.05, 0) is 37.5 Å². The van der Waals surface area contributed by atoms with Crippen LogP contribution in [0.15, 0.2) is 29.2 Å². The number of halogens is 1. The Hall–Kier alpha value is -0.750. The fraction of sp³-hybridized carbons (Fsp3) is 0.650. The van der Waals surface area contributed by atoms with E-state index in [9.17, 15) is 4.79 Å². The zero-order chi connectivity index (χ0) is 17.5. The van der Waals surface area contributed by atoms with Gasteiger partial charge in [-0.1, -0.05) is 31.4 Å². The monoisotopic (exact) mass is 398 g/mol. The van der Waals surface area contributed by atoms with Crippen LogP contribution in [-0.2, 0) is 9.53 Å². The maximum absolute atomic E-state index is 12.2. The number of nitrogens with zero attached hydrogens (tertiary/aromatic N) is 1. The van der Waals surface area contributed by atoms with E-state index in [1.54, 1.807) is 0 Å². The van der Waals surface area contributed by atoms with E-state index in [-0.39, 0.29) is 24.4 Å². The summed E-state index contributed by atoms with van der Waals surface area (Å²) in [6.07, 6.45) is 6.85. The Morgan fingerprint density at radius 2 is 1.85 bits per heavy atom. The summed E-state index contributed by atoms with van der Waals surface area (Å²) in [5.41, 5.74) is 1.17. The standard InChI is InChI=1S/C20H30N2O2S.ClH/c1-16(21-20(23)15-22-11-13-24-14-12-22)17-7-9-19(10-8-17)25-18-5-3-2-4-6-18;/h7-10,16,18H,2-6,11-15H2,1H3,(H,21,23);1H. The van der Waals surface area contributed by atoms with E-state index in [1.165, 1.54) is 42.6 Å². The molecule has 1 saturated heterocycles. The van der Waals surface area contributed by atoms with Crippen molar-refractivity contribution in [2.24, 2.45) is 0 Å². The van der Waals surface area contributed by atoms with Gasteiger partial charge in [0.1, 0.15) is 0 Å². The molecule has 1 N–H and O–H groups in total. The minimum atomic E-state index is 0. The van der Waals surface area contributed by atoms with Crippen molar-refractivity contribution in [2.75, 3.05) is 32.8 Å². The molecule has 6 heteroatoms. The van der Waals surface area contributed by atoms with Gasteiger partial charge >= 0.3 is 0 Å². The van der Waals surface area contributed by atoms with Crippen molar-refractivity contribution in [1.82, 2.24) is 10.2 Å². The van der Waals surface area contributed by atoms with Crippen LogP contribution in [0.4, 0.5) is 0 Å². The Morgan fingerprint density at radius 3 is 2.50 bits per heavy atom. The average Bonchev–Trinajstić information content (AvgIpc) is 2.64. The average molecular weight is 399 g/mol. The molecule has 1 atom stereocenters. The molecule has 146 valence electrons. The molecule has 0 spiro atoms. The van der Waals surface area contributed by atoms with Crippen LogP contribution in [0.2, 0.25) is 0 Å². The molecule has 2 fully saturated rings. The van der Waals surface area contributed by atoms with Gasteiger partial charge in [-0.3, -0.25) is 9.69 Å². The summed E-state index contributed by atoms with van der Waals surface area (Å²) in [6.45, 7) is 5.65. The lowest BCUT2D eigenvalue weighted by atomic mass is 10.0. The second-order valence-corrected chi connectivity index (χ2v) is 8.50. The summed E-state index contributed by atoms with van der Waals surface area (Å²) in [4.78, 5) is 15.7. The highest BCUT2D eigenvalue weighted by molar-refractivity contribution is 8.00. The molecule has 1 amide bonds. The Morgan fingerprint density at radius 1 is 1.19 bits per heavy atom. The first-order valence-corrected chi connectivity index (χ1v) is 10.4. The lowest BCUT2D eigenvalue weighted by Gasteiger charge is -2.26. The summed E-state index contributed by atoms with van der Waals surface area (Å²) in [5, 5.41) is 3.90. The molecule has 2 aliphatic rings. The van der Waals surface area contributed by atoms with E-state index in [4.69, 9.17) is 4.74 Å². The van der Waals surface area contributed by atoms with Crippen LogP contribution in [0.1, 0.15) is 50.6 Å². The zero-order valence-corrected chi connectivity index (χ0v) is 17.2. The third-order valence-electron chi connectivity index (χ3n) is 5.08. The fourth-order valence-electron chi connectivity index (χ4n) is 3.54. The summed E-state index contributed by atoms with van der Waals surface area (Å²) in [7, 11) is 0. The molecule has 1 saturated carbocycles. The van der Waals surface area contributed by atoms with E-state index in [1.807, 2.05) is 11.8 Å². The van der Waals surface area contributed by atoms with Gasteiger partial charge in [-0.2, -0.15) is 0 Å². The van der Waals surface area contributed by atoms with Gasteiger partial charge in [0.15, 0.2) is 0 Å². The molecular weight excluding hydrogens is 368 g/mol. The molecule has 0 radical (unpaired) electrons. The molecule has 3 rings (SSSR count). The SMILES string of the molecule is CC(NC(=O)CN1CCOCC1)c1ccc(SC2CCCCC2)cc1.Cl. The molecule has 1 aromatic carbocycles. The molecule has 26 heavy (non-hydrogen) atoms. The molecule has 0 bridgehead atoms. The van der Waals surface area contributed by atoms with Gasteiger partial charge in [0.25, 0.3) is 0 Å². The van der Waals surface area contributed by atoms with Crippen molar-refractivity contribution in [2.45, 2.75) is 55.2 Å². The molecule has 4 nitrogen and oxygen atoms in total. The second kappa shape index (κ2) is 11.2. The number of hydrogen-bond donors (Lipinski definition) is 1. The minimum absolute atomic E-state index is 0. The Balaban J connectivity index is 0.00000243. The molecule has 0 aromatic heterocycles. The summed E-state index contributed by atoms with van der Waals surface area (Å²) in [5.74, 6) is 0.0926. The van der Waals surface area contributed by atoms with Crippen molar-refractivity contribution in [1.29, 1.82) is 0 Å². The first kappa shape index (κ1) is 21.5. The Labute approximate surface area is 167 Å². The number of hydrogen-bond acceptors (Lipinski definition) is 4. The van der Waals surface area contributed by atoms with Gasteiger partial charge in [0.05, 0.1) is 25.8 Å². The van der Waals surface area contributed by atoms with E-state index in [0.717, 1.165) is 31.6 Å². The van der Waals surface area contributed by atoms with Crippen LogP contribution in [0.3, 0.4) is 0 Å². The number of ether oxygens (including phenoxy) is 1. The predicted octanol–water partition coefficient (Wildman–Crippen LogP) is 4.04. The highest BCUT2D eigenvalue weighted by atomic mass is 35.5. The summed E-state index contributed by atoms with van der Waals surface area (Å²) < 4.78 is 5.32. The van der Waals surface area contributed by atoms with Crippen LogP contribution in [0.25, 0.3) is 0 Å². The maximum Gasteiger partial charge on any atom is 0.234 e. The van der Waals surface area contributed by atoms with Crippen molar-refractivity contribution in [3.8, 4) is 0 Å². The molecule has 1 aliphatic heterocycles. The van der Waals surface area contributed by atoms with E-state index >= 15 is 0 Å². The molecular formula is C20H31ClN2O2S. The quantitative estimate of drug-likeness (QED) is 0.785. The minimum Gasteiger partial charge on any atom is -0.379 e. The number of rotatable bonds is 6. The van der Waals surface area contributed by atoms with Crippen molar-refractivity contribution >= 4 is 30.1 Å². The smallest absolute Gasteiger partial charge is 0.234 e. The normalized spacial score (nSPS) is 20.2. The number of thioether (sulfide) groups is 1. The number of amides is 1. The van der Waals surface area contributed by atoms with Crippen LogP contribution in [-0.4, -0.2) is 48.9 Å². The number of morpholine rings is 1.